The van der Waals surface area contributed by atoms with E-state index in [-0.39, 0.29) is 6.73 Å². The molecule has 6 rings (SSSR count). The summed E-state index contributed by atoms with van der Waals surface area (Å²) in [5.41, 5.74) is 4.96. The minimum absolute atomic E-state index is 0.162. The van der Waals surface area contributed by atoms with Crippen molar-refractivity contribution in [3.05, 3.63) is 125 Å². The number of nitrogens with zero attached hydrogens (tertiary/aromatic N) is 3. The van der Waals surface area contributed by atoms with Gasteiger partial charge in [-0.25, -0.2) is 4.79 Å². The molecule has 2 heterocycles. The molecule has 3 unspecified atom stereocenters. The highest BCUT2D eigenvalue weighted by molar-refractivity contribution is 7.71. The van der Waals surface area contributed by atoms with Gasteiger partial charge in [0.25, 0.3) is 0 Å². The fraction of sp³-hybridized carbons (Fsp3) is 0.206. The molecule has 0 bridgehead atoms. The van der Waals surface area contributed by atoms with Gasteiger partial charge in [0.15, 0.2) is 12.8 Å². The van der Waals surface area contributed by atoms with Crippen LogP contribution in [-0.4, -0.2) is 51.9 Å². The number of carbonyl (C=O) groups is 1. The molecule has 0 saturated carbocycles. The maximum atomic E-state index is 12.3. The molecule has 10 nitrogen and oxygen atoms in total. The van der Waals surface area contributed by atoms with E-state index in [1.54, 1.807) is 17.0 Å². The van der Waals surface area contributed by atoms with Crippen LogP contribution in [0, 0.1) is 11.7 Å². The summed E-state index contributed by atoms with van der Waals surface area (Å²) >= 11 is 5.66. The predicted molar refractivity (Wildman–Crippen MR) is 173 cm³/mol. The van der Waals surface area contributed by atoms with E-state index >= 15 is 0 Å². The summed E-state index contributed by atoms with van der Waals surface area (Å²) in [6.45, 7) is 2.48. The number of aromatic nitrogens is 3. The summed E-state index contributed by atoms with van der Waals surface area (Å²) < 4.78 is 16.2. The number of hydrogen-bond donors (Lipinski definition) is 4. The number of carboxylic acid groups (broad SMARTS) is 1. The van der Waals surface area contributed by atoms with E-state index in [0.717, 1.165) is 28.5 Å². The largest absolute Gasteiger partial charge is 0.480 e. The number of aliphatic carboxylic acids is 1. The molecular formula is C34H34N5O5S+. The maximum Gasteiger partial charge on any atom is 0.329 e. The van der Waals surface area contributed by atoms with Gasteiger partial charge < -0.3 is 29.9 Å². The van der Waals surface area contributed by atoms with Crippen LogP contribution in [0.5, 0.6) is 5.75 Å². The number of aliphatic hydroxyl groups excluding tert-OH is 1. The van der Waals surface area contributed by atoms with Crippen LogP contribution in [0.4, 0.5) is 11.4 Å². The second-order valence-electron chi connectivity index (χ2n) is 10.8. The van der Waals surface area contributed by atoms with Gasteiger partial charge in [-0.15, -0.1) is 9.78 Å². The number of H-pyrrole nitrogens is 1. The average Bonchev–Trinajstić information content (AvgIpc) is 3.35. The van der Waals surface area contributed by atoms with Crippen LogP contribution in [0.3, 0.4) is 0 Å². The van der Waals surface area contributed by atoms with Gasteiger partial charge in [-0.2, -0.15) is 4.57 Å². The highest BCUT2D eigenvalue weighted by Gasteiger charge is 2.44. The van der Waals surface area contributed by atoms with E-state index in [9.17, 15) is 15.0 Å². The minimum atomic E-state index is -1.29. The Morgan fingerprint density at radius 3 is 2.44 bits per heavy atom. The van der Waals surface area contributed by atoms with Crippen molar-refractivity contribution in [1.82, 2.24) is 9.78 Å². The number of carboxylic acids is 1. The Hall–Kier alpha value is -4.97. The number of para-hydroxylation sites is 1. The van der Waals surface area contributed by atoms with Crippen LogP contribution in [-0.2, 0) is 16.1 Å². The molecule has 0 radical (unpaired) electrons. The molecule has 45 heavy (non-hydrogen) atoms. The zero-order chi connectivity index (χ0) is 31.5. The Labute approximate surface area is 265 Å². The van der Waals surface area contributed by atoms with Gasteiger partial charge >= 0.3 is 10.7 Å². The molecule has 0 aliphatic carbocycles. The summed E-state index contributed by atoms with van der Waals surface area (Å²) in [5, 5.41) is 27.7. The molecule has 1 aromatic heterocycles. The number of benzene rings is 4. The van der Waals surface area contributed by atoms with Gasteiger partial charge in [0.1, 0.15) is 29.3 Å². The zero-order valence-electron chi connectivity index (χ0n) is 24.8. The van der Waals surface area contributed by atoms with Crippen LogP contribution >= 0.6 is 12.2 Å². The third kappa shape index (κ3) is 6.05. The molecule has 0 saturated heterocycles. The van der Waals surface area contributed by atoms with Crippen molar-refractivity contribution in [2.45, 2.75) is 31.7 Å². The molecule has 1 aliphatic heterocycles. The maximum absolute atomic E-state index is 12.3. The monoisotopic (exact) mass is 624 g/mol. The molecule has 1 aliphatic rings. The third-order valence-corrected chi connectivity index (χ3v) is 8.25. The zero-order valence-corrected chi connectivity index (χ0v) is 25.6. The van der Waals surface area contributed by atoms with Crippen LogP contribution in [0.25, 0.3) is 11.4 Å². The molecule has 4 aromatic carbocycles. The van der Waals surface area contributed by atoms with Gasteiger partial charge in [-0.1, -0.05) is 54.6 Å². The number of methoxy groups -OCH3 is 1. The van der Waals surface area contributed by atoms with Gasteiger partial charge in [0.2, 0.25) is 5.82 Å². The average molecular weight is 625 g/mol. The number of fused-ring (bicyclic) bond motifs is 1. The summed E-state index contributed by atoms with van der Waals surface area (Å²) in [6, 6.07) is 31.6. The first-order chi connectivity index (χ1) is 21.9. The number of hydrogen-bond acceptors (Lipinski definition) is 7. The lowest BCUT2D eigenvalue weighted by atomic mass is 9.89. The lowest BCUT2D eigenvalue weighted by molar-refractivity contribution is -0.610. The van der Waals surface area contributed by atoms with Crippen molar-refractivity contribution >= 4 is 29.6 Å². The van der Waals surface area contributed by atoms with Crippen LogP contribution in [0.1, 0.15) is 23.1 Å². The molecule has 4 N–H and O–H groups in total. The summed E-state index contributed by atoms with van der Waals surface area (Å²) in [4.78, 5) is 14.0. The van der Waals surface area contributed by atoms with Crippen LogP contribution in [0.2, 0.25) is 0 Å². The minimum Gasteiger partial charge on any atom is -0.480 e. The number of aliphatic hydroxyl groups is 1. The number of rotatable bonds is 10. The van der Waals surface area contributed by atoms with Crippen molar-refractivity contribution in [3.63, 3.8) is 0 Å². The summed E-state index contributed by atoms with van der Waals surface area (Å²) in [7, 11) is 1.46. The summed E-state index contributed by atoms with van der Waals surface area (Å²) in [5.74, 6) is 0.353. The van der Waals surface area contributed by atoms with Crippen LogP contribution in [0.15, 0.2) is 103 Å². The standard InChI is InChI=1S/C34H33N5O5S/c1-22-38(34(45)36-39(22)25-13-7-4-8-14-25)26-15-9-12-24(18-26)35-21-44-27-16-17-29-28(19-27)32(43-2)31(40)30(33(41)42)37(29)20-23-10-5-3-6-11-23/h3-19,30-32,35,40H,20-21H2,1-2H3,(H-,36,41,42,45)/p+1. The Morgan fingerprint density at radius 2 is 1.73 bits per heavy atom. The first-order valence-electron chi connectivity index (χ1n) is 14.5. The smallest absolute Gasteiger partial charge is 0.329 e. The van der Waals surface area contributed by atoms with Crippen molar-refractivity contribution in [2.75, 3.05) is 24.1 Å². The third-order valence-electron chi connectivity index (χ3n) is 7.98. The summed E-state index contributed by atoms with van der Waals surface area (Å²) in [6.07, 6.45) is -2.13. The Balaban J connectivity index is 1.21. The van der Waals surface area contributed by atoms with Crippen LogP contribution < -0.4 is 19.5 Å². The highest BCUT2D eigenvalue weighted by Crippen LogP contribution is 2.42. The number of nitrogens with one attached hydrogen (secondary N) is 2. The topological polar surface area (TPSA) is 116 Å². The number of anilines is 2. The van der Waals surface area contributed by atoms with Gasteiger partial charge in [0, 0.05) is 43.6 Å². The second kappa shape index (κ2) is 12.9. The normalized spacial score (nSPS) is 17.5. The molecule has 5 aromatic rings. The lowest BCUT2D eigenvalue weighted by Gasteiger charge is -2.43. The van der Waals surface area contributed by atoms with E-state index < -0.39 is 24.2 Å². The number of ether oxygens (including phenoxy) is 2. The first-order valence-corrected chi connectivity index (χ1v) is 14.9. The van der Waals surface area contributed by atoms with Crippen molar-refractivity contribution in [2.24, 2.45) is 0 Å². The van der Waals surface area contributed by atoms with E-state index in [1.807, 2.05) is 107 Å². The molecule has 0 spiro atoms. The Morgan fingerprint density at radius 1 is 1.00 bits per heavy atom. The second-order valence-corrected chi connectivity index (χ2v) is 11.1. The van der Waals surface area contributed by atoms with Crippen molar-refractivity contribution < 1.29 is 29.0 Å². The fourth-order valence-electron chi connectivity index (χ4n) is 5.87. The molecule has 0 fully saturated rings. The molecule has 0 amide bonds. The Bertz CT molecular complexity index is 1860. The van der Waals surface area contributed by atoms with E-state index in [1.165, 1.54) is 7.11 Å². The van der Waals surface area contributed by atoms with Crippen molar-refractivity contribution in [3.8, 4) is 17.1 Å². The SMILES string of the molecule is COC1c2cc(OCNc3cccc(-[n+]4c(C)n(-c5ccccc5)[nH]c4=S)c3)ccc2N(Cc2ccccc2)C(C(=O)O)C1O. The van der Waals surface area contributed by atoms with Gasteiger partial charge in [0.05, 0.1) is 0 Å². The van der Waals surface area contributed by atoms with Crippen molar-refractivity contribution in [1.29, 1.82) is 0 Å². The molecular weight excluding hydrogens is 590 g/mol. The number of aromatic amines is 1. The lowest BCUT2D eigenvalue weighted by Crippen LogP contribution is -2.54. The van der Waals surface area contributed by atoms with E-state index in [0.29, 0.717) is 28.3 Å². The van der Waals surface area contributed by atoms with Gasteiger partial charge in [-0.05, 0) is 60.2 Å². The molecule has 230 valence electrons. The van der Waals surface area contributed by atoms with Gasteiger partial charge in [-0.3, -0.25) is 0 Å². The quantitative estimate of drug-likeness (QED) is 0.0965. The van der Waals surface area contributed by atoms with E-state index in [2.05, 4.69) is 10.4 Å². The molecule has 11 heteroatoms. The highest BCUT2D eigenvalue weighted by atomic mass is 32.1. The Kier molecular flexibility index (Phi) is 8.65. The predicted octanol–water partition coefficient (Wildman–Crippen LogP) is 5.09. The van der Waals surface area contributed by atoms with E-state index in [4.69, 9.17) is 21.7 Å². The fourth-order valence-corrected chi connectivity index (χ4v) is 6.20. The first kappa shape index (κ1) is 30.1. The molecule has 3 atom stereocenters.